The SMILES string of the molecule is CC(=O)Nc1ccc(N2CCN(S(=O)(=O)c3ccc(C)cc3)CC2)cc1. The van der Waals surface area contributed by atoms with E-state index in [2.05, 4.69) is 10.2 Å². The van der Waals surface area contributed by atoms with Crippen molar-refractivity contribution in [2.24, 2.45) is 0 Å². The van der Waals surface area contributed by atoms with Crippen molar-refractivity contribution in [3.05, 3.63) is 54.1 Å². The Kier molecular flexibility index (Phi) is 5.29. The number of nitrogens with zero attached hydrogens (tertiary/aromatic N) is 2. The molecule has 1 heterocycles. The van der Waals surface area contributed by atoms with Gasteiger partial charge in [-0.2, -0.15) is 4.31 Å². The number of benzene rings is 2. The highest BCUT2D eigenvalue weighted by molar-refractivity contribution is 7.89. The largest absolute Gasteiger partial charge is 0.369 e. The maximum atomic E-state index is 12.8. The summed E-state index contributed by atoms with van der Waals surface area (Å²) in [5.74, 6) is -0.104. The Morgan fingerprint density at radius 3 is 2.04 bits per heavy atom. The highest BCUT2D eigenvalue weighted by Crippen LogP contribution is 2.22. The number of sulfonamides is 1. The summed E-state index contributed by atoms with van der Waals surface area (Å²) in [6.45, 7) is 5.57. The summed E-state index contributed by atoms with van der Waals surface area (Å²) < 4.78 is 27.1. The van der Waals surface area contributed by atoms with Gasteiger partial charge in [0.1, 0.15) is 0 Å². The number of carbonyl (C=O) groups excluding carboxylic acids is 1. The van der Waals surface area contributed by atoms with Crippen molar-refractivity contribution in [2.75, 3.05) is 36.4 Å². The molecule has 0 radical (unpaired) electrons. The second kappa shape index (κ2) is 7.47. The first kappa shape index (κ1) is 18.4. The lowest BCUT2D eigenvalue weighted by Crippen LogP contribution is -2.48. The molecule has 1 aliphatic rings. The van der Waals surface area contributed by atoms with Crippen molar-refractivity contribution in [1.29, 1.82) is 0 Å². The number of nitrogens with one attached hydrogen (secondary N) is 1. The van der Waals surface area contributed by atoms with Crippen LogP contribution in [0.15, 0.2) is 53.4 Å². The maximum Gasteiger partial charge on any atom is 0.243 e. The molecule has 0 unspecified atom stereocenters. The van der Waals surface area contributed by atoms with Gasteiger partial charge in [-0.3, -0.25) is 4.79 Å². The number of amides is 1. The summed E-state index contributed by atoms with van der Waals surface area (Å²) in [6.07, 6.45) is 0. The molecule has 3 rings (SSSR count). The number of anilines is 2. The van der Waals surface area contributed by atoms with Gasteiger partial charge in [0, 0.05) is 44.5 Å². The fourth-order valence-electron chi connectivity index (χ4n) is 3.00. The number of aryl methyl sites for hydroxylation is 1. The highest BCUT2D eigenvalue weighted by atomic mass is 32.2. The van der Waals surface area contributed by atoms with Crippen molar-refractivity contribution >= 4 is 27.3 Å². The standard InChI is InChI=1S/C19H23N3O3S/c1-15-3-9-19(10-4-15)26(24,25)22-13-11-21(12-14-22)18-7-5-17(6-8-18)20-16(2)23/h3-10H,11-14H2,1-2H3,(H,20,23). The fraction of sp³-hybridized carbons (Fsp3) is 0.316. The Morgan fingerprint density at radius 2 is 1.50 bits per heavy atom. The van der Waals surface area contributed by atoms with E-state index >= 15 is 0 Å². The lowest BCUT2D eigenvalue weighted by molar-refractivity contribution is -0.114. The van der Waals surface area contributed by atoms with Crippen LogP contribution in [0, 0.1) is 6.92 Å². The van der Waals surface area contributed by atoms with Gasteiger partial charge in [-0.25, -0.2) is 8.42 Å². The van der Waals surface area contributed by atoms with E-state index in [1.165, 1.54) is 6.92 Å². The van der Waals surface area contributed by atoms with Gasteiger partial charge in [-0.1, -0.05) is 17.7 Å². The molecule has 0 spiro atoms. The van der Waals surface area contributed by atoms with Gasteiger partial charge in [0.05, 0.1) is 4.90 Å². The first-order valence-electron chi connectivity index (χ1n) is 8.56. The number of hydrogen-bond donors (Lipinski definition) is 1. The molecule has 0 saturated carbocycles. The van der Waals surface area contributed by atoms with Crippen LogP contribution in [-0.4, -0.2) is 44.8 Å². The van der Waals surface area contributed by atoms with Gasteiger partial charge in [0.2, 0.25) is 15.9 Å². The molecule has 1 saturated heterocycles. The maximum absolute atomic E-state index is 12.8. The number of hydrogen-bond acceptors (Lipinski definition) is 4. The zero-order chi connectivity index (χ0) is 18.7. The smallest absolute Gasteiger partial charge is 0.243 e. The molecular weight excluding hydrogens is 350 g/mol. The summed E-state index contributed by atoms with van der Waals surface area (Å²) in [5.41, 5.74) is 2.81. The lowest BCUT2D eigenvalue weighted by Gasteiger charge is -2.35. The first-order valence-corrected chi connectivity index (χ1v) is 10.00. The van der Waals surface area contributed by atoms with Crippen LogP contribution >= 0.6 is 0 Å². The van der Waals surface area contributed by atoms with E-state index in [1.54, 1.807) is 16.4 Å². The Balaban J connectivity index is 1.65. The van der Waals surface area contributed by atoms with E-state index in [1.807, 2.05) is 43.3 Å². The Morgan fingerprint density at radius 1 is 0.923 bits per heavy atom. The minimum atomic E-state index is -3.45. The molecule has 1 amide bonds. The van der Waals surface area contributed by atoms with E-state index in [9.17, 15) is 13.2 Å². The summed E-state index contributed by atoms with van der Waals surface area (Å²) in [5, 5.41) is 2.74. The molecule has 2 aromatic carbocycles. The molecule has 2 aromatic rings. The topological polar surface area (TPSA) is 69.7 Å². The van der Waals surface area contributed by atoms with Crippen molar-refractivity contribution in [1.82, 2.24) is 4.31 Å². The van der Waals surface area contributed by atoms with Crippen LogP contribution in [0.5, 0.6) is 0 Å². The third kappa shape index (κ3) is 4.05. The van der Waals surface area contributed by atoms with E-state index < -0.39 is 10.0 Å². The minimum Gasteiger partial charge on any atom is -0.369 e. The molecule has 0 bridgehead atoms. The summed E-state index contributed by atoms with van der Waals surface area (Å²) in [6, 6.07) is 14.6. The number of piperazine rings is 1. The molecule has 7 heteroatoms. The quantitative estimate of drug-likeness (QED) is 0.894. The normalized spacial score (nSPS) is 15.7. The van der Waals surface area contributed by atoms with E-state index in [4.69, 9.17) is 0 Å². The second-order valence-corrected chi connectivity index (χ2v) is 8.37. The van der Waals surface area contributed by atoms with Crippen molar-refractivity contribution < 1.29 is 13.2 Å². The molecule has 0 aliphatic carbocycles. The molecule has 0 aromatic heterocycles. The molecule has 26 heavy (non-hydrogen) atoms. The Bertz CT molecular complexity index is 869. The van der Waals surface area contributed by atoms with Crippen LogP contribution in [0.2, 0.25) is 0 Å². The molecule has 1 aliphatic heterocycles. The number of carbonyl (C=O) groups is 1. The molecular formula is C19H23N3O3S. The Hall–Kier alpha value is -2.38. The monoisotopic (exact) mass is 373 g/mol. The summed E-state index contributed by atoms with van der Waals surface area (Å²) >= 11 is 0. The number of rotatable bonds is 4. The van der Waals surface area contributed by atoms with Crippen LogP contribution in [0.3, 0.4) is 0 Å². The molecule has 0 atom stereocenters. The first-order chi connectivity index (χ1) is 12.4. The fourth-order valence-corrected chi connectivity index (χ4v) is 4.43. The van der Waals surface area contributed by atoms with Gasteiger partial charge < -0.3 is 10.2 Å². The van der Waals surface area contributed by atoms with Gasteiger partial charge in [0.25, 0.3) is 0 Å². The van der Waals surface area contributed by atoms with Crippen LogP contribution < -0.4 is 10.2 Å². The van der Waals surface area contributed by atoms with Gasteiger partial charge in [-0.15, -0.1) is 0 Å². The van der Waals surface area contributed by atoms with Crippen molar-refractivity contribution in [3.63, 3.8) is 0 Å². The molecule has 1 fully saturated rings. The zero-order valence-electron chi connectivity index (χ0n) is 15.0. The average molecular weight is 373 g/mol. The van der Waals surface area contributed by atoms with Crippen molar-refractivity contribution in [3.8, 4) is 0 Å². The lowest BCUT2D eigenvalue weighted by atomic mass is 10.2. The van der Waals surface area contributed by atoms with E-state index in [0.717, 1.165) is 16.9 Å². The van der Waals surface area contributed by atoms with E-state index in [0.29, 0.717) is 31.1 Å². The third-order valence-corrected chi connectivity index (χ3v) is 6.36. The Labute approximate surface area is 154 Å². The summed E-state index contributed by atoms with van der Waals surface area (Å²) in [7, 11) is -3.45. The zero-order valence-corrected chi connectivity index (χ0v) is 15.8. The van der Waals surface area contributed by atoms with Gasteiger partial charge in [-0.05, 0) is 43.3 Å². The average Bonchev–Trinajstić information content (AvgIpc) is 2.62. The van der Waals surface area contributed by atoms with Crippen LogP contribution in [0.1, 0.15) is 12.5 Å². The van der Waals surface area contributed by atoms with Crippen molar-refractivity contribution in [2.45, 2.75) is 18.7 Å². The summed E-state index contributed by atoms with van der Waals surface area (Å²) in [4.78, 5) is 13.6. The third-order valence-electron chi connectivity index (χ3n) is 4.45. The van der Waals surface area contributed by atoms with E-state index in [-0.39, 0.29) is 5.91 Å². The van der Waals surface area contributed by atoms with Crippen LogP contribution in [0.25, 0.3) is 0 Å². The molecule has 138 valence electrons. The highest BCUT2D eigenvalue weighted by Gasteiger charge is 2.28. The van der Waals surface area contributed by atoms with Crippen LogP contribution in [0.4, 0.5) is 11.4 Å². The molecule has 6 nitrogen and oxygen atoms in total. The predicted octanol–water partition coefficient (Wildman–Crippen LogP) is 2.46. The second-order valence-electron chi connectivity index (χ2n) is 6.43. The van der Waals surface area contributed by atoms with Gasteiger partial charge in [0.15, 0.2) is 0 Å². The van der Waals surface area contributed by atoms with Crippen LogP contribution in [-0.2, 0) is 14.8 Å². The van der Waals surface area contributed by atoms with Gasteiger partial charge >= 0.3 is 0 Å². The molecule has 1 N–H and O–H groups in total. The minimum absolute atomic E-state index is 0.104. The predicted molar refractivity (Wildman–Crippen MR) is 103 cm³/mol.